The van der Waals surface area contributed by atoms with E-state index in [4.69, 9.17) is 0 Å². The van der Waals surface area contributed by atoms with Crippen LogP contribution >= 0.6 is 0 Å². The molecule has 0 aliphatic heterocycles. The predicted molar refractivity (Wildman–Crippen MR) is 53.4 cm³/mol. The molecule has 0 unspecified atom stereocenters. The molecule has 0 heterocycles. The summed E-state index contributed by atoms with van der Waals surface area (Å²) in [5.41, 5.74) is 1.32. The van der Waals surface area contributed by atoms with Crippen molar-refractivity contribution in [2.24, 2.45) is 0 Å². The third-order valence-electron chi connectivity index (χ3n) is 1.43. The number of allylic oxidation sites excluding steroid dienone is 1. The fraction of sp³-hybridized carbons (Fsp3) is 0.0833. The van der Waals surface area contributed by atoms with Gasteiger partial charge in [-0.1, -0.05) is 42.8 Å². The molecule has 1 heteroatoms. The molecule has 1 aromatic rings. The van der Waals surface area contributed by atoms with Crippen LogP contribution in [-0.4, -0.2) is 5.78 Å². The minimum absolute atomic E-state index is 0.163. The van der Waals surface area contributed by atoms with Gasteiger partial charge in [0.15, 0.2) is 0 Å². The first-order chi connectivity index (χ1) is 6.20. The highest BCUT2D eigenvalue weighted by atomic mass is 16.1. The van der Waals surface area contributed by atoms with Gasteiger partial charge in [0.1, 0.15) is 0 Å². The monoisotopic (exact) mass is 170 g/mol. The van der Waals surface area contributed by atoms with Crippen LogP contribution in [0.1, 0.15) is 17.3 Å². The van der Waals surface area contributed by atoms with E-state index in [9.17, 15) is 4.79 Å². The van der Waals surface area contributed by atoms with Crippen molar-refractivity contribution in [3.05, 3.63) is 48.0 Å². The van der Waals surface area contributed by atoms with Gasteiger partial charge in [-0.15, -0.1) is 0 Å². The molecular weight excluding hydrogens is 160 g/mol. The van der Waals surface area contributed by atoms with E-state index in [1.165, 1.54) is 0 Å². The maximum absolute atomic E-state index is 11.3. The molecule has 0 saturated heterocycles. The molecule has 0 saturated carbocycles. The van der Waals surface area contributed by atoms with Gasteiger partial charge in [-0.3, -0.25) is 4.79 Å². The van der Waals surface area contributed by atoms with E-state index >= 15 is 0 Å². The number of ketones is 1. The Bertz CT molecular complexity index is 377. The van der Waals surface area contributed by atoms with Gasteiger partial charge in [0.05, 0.1) is 0 Å². The van der Waals surface area contributed by atoms with Gasteiger partial charge in [0.2, 0.25) is 5.78 Å². The van der Waals surface area contributed by atoms with Crippen LogP contribution in [0.2, 0.25) is 0 Å². The molecule has 0 spiro atoms. The van der Waals surface area contributed by atoms with E-state index in [1.807, 2.05) is 18.2 Å². The topological polar surface area (TPSA) is 17.1 Å². The van der Waals surface area contributed by atoms with Gasteiger partial charge >= 0.3 is 0 Å². The van der Waals surface area contributed by atoms with E-state index in [0.29, 0.717) is 11.1 Å². The molecule has 0 fully saturated rings. The largest absolute Gasteiger partial charge is 0.279 e. The fourth-order valence-electron chi connectivity index (χ4n) is 0.825. The molecular formula is C12H10O. The predicted octanol–water partition coefficient (Wildman–Crippen LogP) is 2.45. The van der Waals surface area contributed by atoms with Crippen molar-refractivity contribution >= 4 is 5.78 Å². The summed E-state index contributed by atoms with van der Waals surface area (Å²) in [5, 5.41) is 0. The Morgan fingerprint density at radius 1 is 1.23 bits per heavy atom. The number of hydrogen-bond acceptors (Lipinski definition) is 1. The molecule has 1 rings (SSSR count). The highest BCUT2D eigenvalue weighted by Gasteiger charge is 1.98. The zero-order valence-corrected chi connectivity index (χ0v) is 7.50. The van der Waals surface area contributed by atoms with Crippen LogP contribution in [0.15, 0.2) is 42.5 Å². The average Bonchev–Trinajstić information content (AvgIpc) is 2.15. The average molecular weight is 170 g/mol. The normalized spacial score (nSPS) is 8.38. The second-order valence-electron chi connectivity index (χ2n) is 2.73. The number of carbonyl (C=O) groups excluding carboxylic acids is 1. The Morgan fingerprint density at radius 3 is 2.38 bits per heavy atom. The molecule has 0 bridgehead atoms. The van der Waals surface area contributed by atoms with Crippen LogP contribution in [0, 0.1) is 11.8 Å². The van der Waals surface area contributed by atoms with Crippen LogP contribution < -0.4 is 0 Å². The Balaban J connectivity index is 2.83. The van der Waals surface area contributed by atoms with E-state index < -0.39 is 0 Å². The van der Waals surface area contributed by atoms with Crippen LogP contribution in [0.3, 0.4) is 0 Å². The number of benzene rings is 1. The maximum atomic E-state index is 11.3. The van der Waals surface area contributed by atoms with Crippen molar-refractivity contribution < 1.29 is 4.79 Å². The zero-order valence-electron chi connectivity index (χ0n) is 7.50. The fourth-order valence-corrected chi connectivity index (χ4v) is 0.825. The Hall–Kier alpha value is -1.81. The summed E-state index contributed by atoms with van der Waals surface area (Å²) >= 11 is 0. The van der Waals surface area contributed by atoms with Gasteiger partial charge in [-0.25, -0.2) is 0 Å². The van der Waals surface area contributed by atoms with Gasteiger partial charge in [-0.2, -0.15) is 0 Å². The highest BCUT2D eigenvalue weighted by molar-refractivity contribution is 6.09. The summed E-state index contributed by atoms with van der Waals surface area (Å²) < 4.78 is 0. The van der Waals surface area contributed by atoms with Crippen LogP contribution in [-0.2, 0) is 0 Å². The second kappa shape index (κ2) is 4.27. The lowest BCUT2D eigenvalue weighted by Gasteiger charge is -1.90. The molecule has 64 valence electrons. The first kappa shape index (κ1) is 9.28. The Kier molecular flexibility index (Phi) is 3.05. The lowest BCUT2D eigenvalue weighted by atomic mass is 10.1. The molecule has 1 nitrogen and oxygen atoms in total. The van der Waals surface area contributed by atoms with Crippen molar-refractivity contribution in [2.75, 3.05) is 0 Å². The second-order valence-corrected chi connectivity index (χ2v) is 2.73. The summed E-state index contributed by atoms with van der Waals surface area (Å²) in [7, 11) is 0. The molecule has 0 N–H and O–H groups in total. The highest BCUT2D eigenvalue weighted by Crippen LogP contribution is 1.98. The first-order valence-electron chi connectivity index (χ1n) is 3.97. The molecule has 0 amide bonds. The molecule has 0 aliphatic carbocycles. The summed E-state index contributed by atoms with van der Waals surface area (Å²) in [6.07, 6.45) is 0. The van der Waals surface area contributed by atoms with Crippen molar-refractivity contribution in [1.82, 2.24) is 0 Å². The molecule has 0 atom stereocenters. The smallest absolute Gasteiger partial charge is 0.236 e. The molecule has 1 aromatic carbocycles. The number of rotatable bonds is 1. The zero-order chi connectivity index (χ0) is 9.68. The number of Topliss-reactive ketones (excluding diaryl/α,β-unsaturated/α-hetero) is 1. The van der Waals surface area contributed by atoms with E-state index in [1.54, 1.807) is 19.1 Å². The van der Waals surface area contributed by atoms with Crippen LogP contribution in [0.25, 0.3) is 0 Å². The van der Waals surface area contributed by atoms with Crippen LogP contribution in [0.4, 0.5) is 0 Å². The summed E-state index contributed by atoms with van der Waals surface area (Å²) in [5.74, 6) is 5.00. The first-order valence-corrected chi connectivity index (χ1v) is 3.97. The van der Waals surface area contributed by atoms with Gasteiger partial charge in [-0.05, 0) is 18.4 Å². The van der Waals surface area contributed by atoms with Crippen molar-refractivity contribution in [3.8, 4) is 11.8 Å². The van der Waals surface area contributed by atoms with Crippen molar-refractivity contribution in [3.63, 3.8) is 0 Å². The number of hydrogen-bond donors (Lipinski definition) is 0. The standard InChI is InChI=1S/C12H10O/c1-10(2)8-9-12(13)11-6-4-3-5-7-11/h3-7H,1H2,2H3. The number of carbonyl (C=O) groups is 1. The van der Waals surface area contributed by atoms with E-state index in [2.05, 4.69) is 18.4 Å². The third kappa shape index (κ3) is 2.96. The Labute approximate surface area is 78.1 Å². The van der Waals surface area contributed by atoms with Crippen molar-refractivity contribution in [1.29, 1.82) is 0 Å². The summed E-state index contributed by atoms with van der Waals surface area (Å²) in [4.78, 5) is 11.3. The molecule has 13 heavy (non-hydrogen) atoms. The molecule has 0 aromatic heterocycles. The maximum Gasteiger partial charge on any atom is 0.236 e. The lowest BCUT2D eigenvalue weighted by molar-refractivity contribution is 0.105. The van der Waals surface area contributed by atoms with Crippen molar-refractivity contribution in [2.45, 2.75) is 6.92 Å². The van der Waals surface area contributed by atoms with Gasteiger partial charge in [0.25, 0.3) is 0 Å². The Morgan fingerprint density at radius 2 is 1.85 bits per heavy atom. The van der Waals surface area contributed by atoms with E-state index in [0.717, 1.165) is 0 Å². The van der Waals surface area contributed by atoms with Crippen LogP contribution in [0.5, 0.6) is 0 Å². The quantitative estimate of drug-likeness (QED) is 0.359. The van der Waals surface area contributed by atoms with Gasteiger partial charge < -0.3 is 0 Å². The summed E-state index contributed by atoms with van der Waals surface area (Å²) in [6.45, 7) is 5.36. The molecule has 0 radical (unpaired) electrons. The van der Waals surface area contributed by atoms with E-state index in [-0.39, 0.29) is 5.78 Å². The minimum atomic E-state index is -0.163. The SMILES string of the molecule is C=C(C)C#CC(=O)c1ccccc1. The molecule has 0 aliphatic rings. The third-order valence-corrected chi connectivity index (χ3v) is 1.43. The summed E-state index contributed by atoms with van der Waals surface area (Å²) in [6, 6.07) is 8.99. The van der Waals surface area contributed by atoms with Gasteiger partial charge in [0, 0.05) is 5.56 Å². The lowest BCUT2D eigenvalue weighted by Crippen LogP contribution is -1.93. The minimum Gasteiger partial charge on any atom is -0.279 e.